The molecule has 6 nitrogen and oxygen atoms in total. The van der Waals surface area contributed by atoms with Gasteiger partial charge in [-0.15, -0.1) is 0 Å². The maximum Gasteiger partial charge on any atom is 0.265 e. The van der Waals surface area contributed by atoms with Crippen LogP contribution >= 0.6 is 45.8 Å². The molecule has 114 valence electrons. The van der Waals surface area contributed by atoms with Crippen LogP contribution in [0.3, 0.4) is 0 Å². The number of hydrogen-bond acceptors (Lipinski definition) is 4. The number of nitrogens with one attached hydrogen (secondary N) is 2. The summed E-state index contributed by atoms with van der Waals surface area (Å²) in [6.07, 6.45) is 1.38. The van der Waals surface area contributed by atoms with Crippen molar-refractivity contribution in [3.05, 3.63) is 52.3 Å². The minimum absolute atomic E-state index is 0.164. The van der Waals surface area contributed by atoms with Crippen LogP contribution < -0.4 is 11.1 Å². The lowest BCUT2D eigenvalue weighted by Gasteiger charge is -1.97. The summed E-state index contributed by atoms with van der Waals surface area (Å²) in [7, 11) is 0. The van der Waals surface area contributed by atoms with Gasteiger partial charge in [-0.25, -0.2) is 9.97 Å². The standard InChI is InChI=1S/C6H6ClIN2O.C6H7ClN2O/c1-2-3-9-5(7)4(8)6(11)10-3;1-2-5-8-4(7)3-6(10)9-5/h2H2,1H3,(H,9,10,11);3H,2H2,1H3,(H,8,9,10). The van der Waals surface area contributed by atoms with Crippen LogP contribution in [0.15, 0.2) is 15.7 Å². The fourth-order valence-corrected chi connectivity index (χ4v) is 1.93. The number of aromatic nitrogens is 4. The summed E-state index contributed by atoms with van der Waals surface area (Å²) < 4.78 is 0.446. The molecule has 2 N–H and O–H groups in total. The second-order valence-electron chi connectivity index (χ2n) is 3.84. The molecule has 0 aliphatic carbocycles. The second-order valence-corrected chi connectivity index (χ2v) is 5.66. The summed E-state index contributed by atoms with van der Waals surface area (Å²) in [4.78, 5) is 34.7. The highest BCUT2D eigenvalue weighted by molar-refractivity contribution is 14.1. The average Bonchev–Trinajstić information content (AvgIpc) is 2.43. The van der Waals surface area contributed by atoms with Crippen molar-refractivity contribution in [3.63, 3.8) is 0 Å². The molecule has 0 spiro atoms. The molecule has 0 saturated heterocycles. The normalized spacial score (nSPS) is 9.95. The number of rotatable bonds is 2. The molecule has 2 rings (SSSR count). The highest BCUT2D eigenvalue weighted by Crippen LogP contribution is 2.09. The Morgan fingerprint density at radius 1 is 1.10 bits per heavy atom. The molecule has 0 aliphatic rings. The first kappa shape index (κ1) is 18.1. The SMILES string of the molecule is CCc1nc(Cl)c(I)c(=O)[nH]1.CCc1nc(Cl)cc(=O)[nH]1. The van der Waals surface area contributed by atoms with Crippen LogP contribution in [0.25, 0.3) is 0 Å². The molecule has 0 unspecified atom stereocenters. The van der Waals surface area contributed by atoms with Crippen molar-refractivity contribution in [2.24, 2.45) is 0 Å². The lowest BCUT2D eigenvalue weighted by atomic mass is 10.4. The smallest absolute Gasteiger partial charge is 0.265 e. The van der Waals surface area contributed by atoms with Crippen molar-refractivity contribution in [3.8, 4) is 0 Å². The van der Waals surface area contributed by atoms with Gasteiger partial charge >= 0.3 is 0 Å². The van der Waals surface area contributed by atoms with E-state index in [-0.39, 0.29) is 21.4 Å². The fourth-order valence-electron chi connectivity index (χ4n) is 1.29. The lowest BCUT2D eigenvalue weighted by Crippen LogP contribution is -2.14. The zero-order chi connectivity index (χ0) is 16.0. The van der Waals surface area contributed by atoms with Crippen LogP contribution in [-0.2, 0) is 12.8 Å². The third-order valence-corrected chi connectivity index (χ3v) is 4.09. The predicted octanol–water partition coefficient (Wildman–Crippen LogP) is 2.58. The van der Waals surface area contributed by atoms with Gasteiger partial charge in [0, 0.05) is 18.9 Å². The zero-order valence-electron chi connectivity index (χ0n) is 11.3. The van der Waals surface area contributed by atoms with Gasteiger partial charge in [0.2, 0.25) is 0 Å². The van der Waals surface area contributed by atoms with Gasteiger partial charge in [-0.05, 0) is 22.6 Å². The fraction of sp³-hybridized carbons (Fsp3) is 0.333. The van der Waals surface area contributed by atoms with E-state index >= 15 is 0 Å². The molecule has 0 aromatic carbocycles. The predicted molar refractivity (Wildman–Crippen MR) is 91.2 cm³/mol. The van der Waals surface area contributed by atoms with Crippen LogP contribution in [0.5, 0.6) is 0 Å². The van der Waals surface area contributed by atoms with Gasteiger partial charge in [-0.3, -0.25) is 9.59 Å². The van der Waals surface area contributed by atoms with E-state index in [0.717, 1.165) is 0 Å². The van der Waals surface area contributed by atoms with Crippen molar-refractivity contribution in [2.45, 2.75) is 26.7 Å². The van der Waals surface area contributed by atoms with Crippen molar-refractivity contribution >= 4 is 45.8 Å². The van der Waals surface area contributed by atoms with Crippen LogP contribution in [0.2, 0.25) is 10.3 Å². The molecule has 2 heterocycles. The van der Waals surface area contributed by atoms with Gasteiger partial charge in [0.1, 0.15) is 25.5 Å². The number of nitrogens with zero attached hydrogens (tertiary/aromatic N) is 2. The first-order valence-corrected chi connectivity index (χ1v) is 7.90. The molecule has 0 fully saturated rings. The van der Waals surface area contributed by atoms with E-state index in [0.29, 0.717) is 28.1 Å². The van der Waals surface area contributed by atoms with E-state index in [1.807, 2.05) is 36.4 Å². The molecule has 21 heavy (non-hydrogen) atoms. The number of H-pyrrole nitrogens is 2. The first-order valence-electron chi connectivity index (χ1n) is 6.07. The number of hydrogen-bond donors (Lipinski definition) is 2. The van der Waals surface area contributed by atoms with Crippen molar-refractivity contribution in [1.29, 1.82) is 0 Å². The Hall–Kier alpha value is -0.930. The molecule has 9 heteroatoms. The Morgan fingerprint density at radius 2 is 1.67 bits per heavy atom. The molecule has 0 radical (unpaired) electrons. The minimum Gasteiger partial charge on any atom is -0.310 e. The maximum absolute atomic E-state index is 11.0. The molecular weight excluding hydrogens is 430 g/mol. The van der Waals surface area contributed by atoms with E-state index in [1.54, 1.807) is 0 Å². The van der Waals surface area contributed by atoms with Crippen molar-refractivity contribution in [1.82, 2.24) is 19.9 Å². The monoisotopic (exact) mass is 442 g/mol. The van der Waals surface area contributed by atoms with Gasteiger partial charge in [0.15, 0.2) is 0 Å². The molecule has 0 amide bonds. The van der Waals surface area contributed by atoms with Crippen molar-refractivity contribution in [2.75, 3.05) is 0 Å². The molecule has 0 aliphatic heterocycles. The summed E-state index contributed by atoms with van der Waals surface area (Å²) in [6, 6.07) is 1.25. The van der Waals surface area contributed by atoms with E-state index in [4.69, 9.17) is 23.2 Å². The van der Waals surface area contributed by atoms with Crippen LogP contribution in [0.4, 0.5) is 0 Å². The van der Waals surface area contributed by atoms with Crippen molar-refractivity contribution < 1.29 is 0 Å². The molecule has 0 atom stereocenters. The molecular formula is C12H13Cl2IN4O2. The third kappa shape index (κ3) is 5.76. The highest BCUT2D eigenvalue weighted by Gasteiger charge is 2.04. The minimum atomic E-state index is -0.197. The Bertz CT molecular complexity index is 730. The van der Waals surface area contributed by atoms with E-state index in [1.165, 1.54) is 6.07 Å². The first-order chi connectivity index (χ1) is 9.87. The Balaban J connectivity index is 0.000000211. The topological polar surface area (TPSA) is 91.5 Å². The van der Waals surface area contributed by atoms with Gasteiger partial charge in [0.05, 0.1) is 0 Å². The molecule has 0 saturated carbocycles. The molecule has 2 aromatic rings. The third-order valence-electron chi connectivity index (χ3n) is 2.30. The van der Waals surface area contributed by atoms with E-state index in [9.17, 15) is 9.59 Å². The summed E-state index contributed by atoms with van der Waals surface area (Å²) in [5.41, 5.74) is -0.362. The summed E-state index contributed by atoms with van der Waals surface area (Å²) >= 11 is 13.0. The summed E-state index contributed by atoms with van der Waals surface area (Å²) in [5.74, 6) is 1.25. The van der Waals surface area contributed by atoms with Gasteiger partial charge in [0.25, 0.3) is 11.1 Å². The van der Waals surface area contributed by atoms with Crippen LogP contribution in [0, 0.1) is 3.57 Å². The zero-order valence-corrected chi connectivity index (χ0v) is 15.0. The van der Waals surface area contributed by atoms with Gasteiger partial charge < -0.3 is 9.97 Å². The lowest BCUT2D eigenvalue weighted by molar-refractivity contribution is 0.913. The number of halogens is 3. The van der Waals surface area contributed by atoms with Gasteiger partial charge in [-0.1, -0.05) is 37.0 Å². The van der Waals surface area contributed by atoms with E-state index in [2.05, 4.69) is 19.9 Å². The van der Waals surface area contributed by atoms with E-state index < -0.39 is 0 Å². The van der Waals surface area contributed by atoms with Crippen LogP contribution in [0.1, 0.15) is 25.5 Å². The largest absolute Gasteiger partial charge is 0.310 e. The van der Waals surface area contributed by atoms with Gasteiger partial charge in [-0.2, -0.15) is 0 Å². The molecule has 0 bridgehead atoms. The molecule has 2 aromatic heterocycles. The number of aryl methyl sites for hydroxylation is 2. The maximum atomic E-state index is 11.0. The Morgan fingerprint density at radius 3 is 2.14 bits per heavy atom. The second kappa shape index (κ2) is 8.50. The summed E-state index contributed by atoms with van der Waals surface area (Å²) in [5, 5.41) is 0.534. The summed E-state index contributed by atoms with van der Waals surface area (Å²) in [6.45, 7) is 3.80. The Labute approximate surface area is 144 Å². The number of aromatic amines is 2. The average molecular weight is 443 g/mol. The highest BCUT2D eigenvalue weighted by atomic mass is 127. The Kier molecular flexibility index (Phi) is 7.33. The quantitative estimate of drug-likeness (QED) is 0.552. The van der Waals surface area contributed by atoms with Crippen LogP contribution in [-0.4, -0.2) is 19.9 Å².